The van der Waals surface area contributed by atoms with Crippen LogP contribution in [-0.4, -0.2) is 26.1 Å². The predicted molar refractivity (Wildman–Crippen MR) is 57.8 cm³/mol. The second-order valence-corrected chi connectivity index (χ2v) is 4.25. The minimum atomic E-state index is -0.263. The Labute approximate surface area is 95.8 Å². The third kappa shape index (κ3) is 2.57. The molecule has 0 atom stereocenters. The Hall–Kier alpha value is -1.89. The lowest BCUT2D eigenvalue weighted by molar-refractivity contribution is 0.0945. The number of carbonyl (C=O) groups is 1. The summed E-state index contributed by atoms with van der Waals surface area (Å²) in [7, 11) is 0. The number of aromatic nitrogens is 4. The lowest BCUT2D eigenvalue weighted by Crippen LogP contribution is -2.23. The van der Waals surface area contributed by atoms with Gasteiger partial charge in [-0.05, 0) is 6.92 Å². The monoisotopic (exact) mass is 235 g/mol. The first-order chi connectivity index (χ1) is 7.75. The fourth-order valence-electron chi connectivity index (χ4n) is 1.07. The zero-order valence-corrected chi connectivity index (χ0v) is 9.36. The summed E-state index contributed by atoms with van der Waals surface area (Å²) in [6.07, 6.45) is 4.41. The molecule has 0 unspecified atom stereocenters. The fourth-order valence-corrected chi connectivity index (χ4v) is 1.72. The van der Waals surface area contributed by atoms with Crippen LogP contribution in [0.4, 0.5) is 0 Å². The van der Waals surface area contributed by atoms with Crippen LogP contribution in [0.3, 0.4) is 0 Å². The first-order valence-corrected chi connectivity index (χ1v) is 5.40. The van der Waals surface area contributed by atoms with Crippen LogP contribution >= 0.6 is 11.3 Å². The van der Waals surface area contributed by atoms with E-state index in [1.54, 1.807) is 0 Å². The van der Waals surface area contributed by atoms with Crippen molar-refractivity contribution in [1.29, 1.82) is 0 Å². The van der Waals surface area contributed by atoms with Gasteiger partial charge in [0.15, 0.2) is 0 Å². The Morgan fingerprint density at radius 1 is 1.44 bits per heavy atom. The molecular formula is C9H9N5OS. The van der Waals surface area contributed by atoms with E-state index < -0.39 is 0 Å². The molecule has 82 valence electrons. The topological polar surface area (TPSA) is 80.7 Å². The first-order valence-electron chi connectivity index (χ1n) is 4.59. The minimum absolute atomic E-state index is 0.263. The smallest absolute Gasteiger partial charge is 0.271 e. The average molecular weight is 235 g/mol. The first kappa shape index (κ1) is 10.6. The molecule has 0 aliphatic carbocycles. The van der Waals surface area contributed by atoms with E-state index in [2.05, 4.69) is 25.5 Å². The lowest BCUT2D eigenvalue weighted by atomic mass is 10.4. The highest BCUT2D eigenvalue weighted by Crippen LogP contribution is 2.07. The van der Waals surface area contributed by atoms with Crippen LogP contribution in [0, 0.1) is 6.92 Å². The minimum Gasteiger partial charge on any atom is -0.344 e. The molecule has 1 amide bonds. The van der Waals surface area contributed by atoms with Gasteiger partial charge in [0.2, 0.25) is 0 Å². The van der Waals surface area contributed by atoms with Gasteiger partial charge in [0.25, 0.3) is 5.91 Å². The number of aryl methyl sites for hydroxylation is 1. The SMILES string of the molecule is Cc1nnc(CNC(=O)c2cnccn2)s1. The summed E-state index contributed by atoms with van der Waals surface area (Å²) in [5, 5.41) is 12.1. The molecule has 2 aromatic heterocycles. The number of rotatable bonds is 3. The second kappa shape index (κ2) is 4.75. The van der Waals surface area contributed by atoms with E-state index in [4.69, 9.17) is 0 Å². The molecule has 16 heavy (non-hydrogen) atoms. The van der Waals surface area contributed by atoms with Crippen molar-refractivity contribution in [3.8, 4) is 0 Å². The molecule has 6 nitrogen and oxygen atoms in total. The van der Waals surface area contributed by atoms with E-state index in [9.17, 15) is 4.79 Å². The Morgan fingerprint density at radius 3 is 2.94 bits per heavy atom. The molecule has 2 aromatic rings. The third-order valence-electron chi connectivity index (χ3n) is 1.76. The maximum atomic E-state index is 11.6. The van der Waals surface area contributed by atoms with Crippen molar-refractivity contribution in [2.45, 2.75) is 13.5 Å². The number of hydrogen-bond acceptors (Lipinski definition) is 6. The maximum absolute atomic E-state index is 11.6. The van der Waals surface area contributed by atoms with Crippen molar-refractivity contribution >= 4 is 17.2 Å². The molecule has 0 aliphatic rings. The van der Waals surface area contributed by atoms with Crippen LogP contribution in [0.15, 0.2) is 18.6 Å². The standard InChI is InChI=1S/C9H9N5OS/c1-6-13-14-8(16-6)5-12-9(15)7-4-10-2-3-11-7/h2-4H,5H2,1H3,(H,12,15). The predicted octanol–water partition coefficient (Wildman–Crippen LogP) is 0.567. The van der Waals surface area contributed by atoms with Crippen molar-refractivity contribution in [3.63, 3.8) is 0 Å². The Balaban J connectivity index is 1.94. The molecule has 7 heteroatoms. The molecule has 2 heterocycles. The van der Waals surface area contributed by atoms with Crippen LogP contribution in [-0.2, 0) is 6.54 Å². The van der Waals surface area contributed by atoms with E-state index in [1.165, 1.54) is 29.9 Å². The molecule has 0 aromatic carbocycles. The zero-order chi connectivity index (χ0) is 11.4. The van der Waals surface area contributed by atoms with Crippen molar-refractivity contribution in [2.24, 2.45) is 0 Å². The number of nitrogens with zero attached hydrogens (tertiary/aromatic N) is 4. The van der Waals surface area contributed by atoms with Gasteiger partial charge in [0, 0.05) is 12.4 Å². The van der Waals surface area contributed by atoms with E-state index in [1.807, 2.05) is 6.92 Å². The molecule has 0 aliphatic heterocycles. The van der Waals surface area contributed by atoms with Gasteiger partial charge in [0.05, 0.1) is 12.7 Å². The van der Waals surface area contributed by atoms with Gasteiger partial charge in [-0.2, -0.15) is 0 Å². The van der Waals surface area contributed by atoms with E-state index in [0.29, 0.717) is 12.2 Å². The third-order valence-corrected chi connectivity index (χ3v) is 2.60. The van der Waals surface area contributed by atoms with Gasteiger partial charge >= 0.3 is 0 Å². The molecular weight excluding hydrogens is 226 g/mol. The van der Waals surface area contributed by atoms with E-state index in [0.717, 1.165) is 10.0 Å². The molecule has 2 rings (SSSR count). The summed E-state index contributed by atoms with van der Waals surface area (Å²) >= 11 is 1.45. The van der Waals surface area contributed by atoms with E-state index in [-0.39, 0.29) is 5.91 Å². The van der Waals surface area contributed by atoms with Gasteiger partial charge in [-0.1, -0.05) is 11.3 Å². The maximum Gasteiger partial charge on any atom is 0.271 e. The highest BCUT2D eigenvalue weighted by molar-refractivity contribution is 7.11. The molecule has 0 radical (unpaired) electrons. The summed E-state index contributed by atoms with van der Waals surface area (Å²) in [6.45, 7) is 2.23. The van der Waals surface area contributed by atoms with Gasteiger partial charge < -0.3 is 5.32 Å². The van der Waals surface area contributed by atoms with Crippen LogP contribution in [0.2, 0.25) is 0 Å². The van der Waals surface area contributed by atoms with Gasteiger partial charge in [0.1, 0.15) is 15.7 Å². The van der Waals surface area contributed by atoms with Gasteiger partial charge in [-0.15, -0.1) is 10.2 Å². The fraction of sp³-hybridized carbons (Fsp3) is 0.222. The Kier molecular flexibility index (Phi) is 3.16. The summed E-state index contributed by atoms with van der Waals surface area (Å²) in [5.74, 6) is -0.263. The lowest BCUT2D eigenvalue weighted by Gasteiger charge is -2.00. The van der Waals surface area contributed by atoms with Crippen molar-refractivity contribution in [1.82, 2.24) is 25.5 Å². The highest BCUT2D eigenvalue weighted by Gasteiger charge is 2.07. The molecule has 0 spiro atoms. The molecule has 1 N–H and O–H groups in total. The molecule has 0 bridgehead atoms. The number of nitrogens with one attached hydrogen (secondary N) is 1. The average Bonchev–Trinajstić information content (AvgIpc) is 2.73. The van der Waals surface area contributed by atoms with Gasteiger partial charge in [-0.25, -0.2) is 4.98 Å². The van der Waals surface area contributed by atoms with Crippen LogP contribution in [0.5, 0.6) is 0 Å². The van der Waals surface area contributed by atoms with E-state index >= 15 is 0 Å². The van der Waals surface area contributed by atoms with Crippen LogP contribution in [0.25, 0.3) is 0 Å². The number of carbonyl (C=O) groups excluding carboxylic acids is 1. The second-order valence-electron chi connectivity index (χ2n) is 2.99. The normalized spacial score (nSPS) is 10.1. The largest absolute Gasteiger partial charge is 0.344 e. The van der Waals surface area contributed by atoms with Crippen molar-refractivity contribution in [2.75, 3.05) is 0 Å². The molecule has 0 saturated carbocycles. The van der Waals surface area contributed by atoms with Crippen LogP contribution in [0.1, 0.15) is 20.5 Å². The number of amides is 1. The Morgan fingerprint density at radius 2 is 2.31 bits per heavy atom. The quantitative estimate of drug-likeness (QED) is 0.841. The summed E-state index contributed by atoms with van der Waals surface area (Å²) in [4.78, 5) is 19.3. The van der Waals surface area contributed by atoms with Crippen LogP contribution < -0.4 is 5.32 Å². The summed E-state index contributed by atoms with van der Waals surface area (Å²) < 4.78 is 0. The van der Waals surface area contributed by atoms with Gasteiger partial charge in [-0.3, -0.25) is 9.78 Å². The highest BCUT2D eigenvalue weighted by atomic mass is 32.1. The molecule has 0 saturated heterocycles. The summed E-state index contributed by atoms with van der Waals surface area (Å²) in [6, 6.07) is 0. The Bertz CT molecular complexity index is 484. The summed E-state index contributed by atoms with van der Waals surface area (Å²) in [5.41, 5.74) is 0.295. The van der Waals surface area contributed by atoms with Crippen molar-refractivity contribution in [3.05, 3.63) is 34.3 Å². The number of hydrogen-bond donors (Lipinski definition) is 1. The molecule has 0 fully saturated rings. The van der Waals surface area contributed by atoms with Crippen molar-refractivity contribution < 1.29 is 4.79 Å². The zero-order valence-electron chi connectivity index (χ0n) is 8.54.